The van der Waals surface area contributed by atoms with Crippen molar-refractivity contribution in [1.82, 2.24) is 10.2 Å². The van der Waals surface area contributed by atoms with E-state index >= 15 is 0 Å². The lowest BCUT2D eigenvalue weighted by Crippen LogP contribution is -2.26. The number of terminal acetylenes is 1. The highest BCUT2D eigenvalue weighted by Crippen LogP contribution is 1.99. The van der Waals surface area contributed by atoms with Gasteiger partial charge in [-0.3, -0.25) is 4.90 Å². The molecule has 0 saturated carbocycles. The van der Waals surface area contributed by atoms with Gasteiger partial charge < -0.3 is 5.32 Å². The van der Waals surface area contributed by atoms with Crippen molar-refractivity contribution in [1.29, 1.82) is 0 Å². The van der Waals surface area contributed by atoms with E-state index in [1.54, 1.807) is 0 Å². The molecule has 0 radical (unpaired) electrons. The average molecular weight is 196 g/mol. The lowest BCUT2D eigenvalue weighted by molar-refractivity contribution is 0.299. The molecule has 0 aromatic carbocycles. The lowest BCUT2D eigenvalue weighted by atomic mass is 10.2. The van der Waals surface area contributed by atoms with Crippen LogP contribution in [0, 0.1) is 12.3 Å². The molecule has 1 N–H and O–H groups in total. The van der Waals surface area contributed by atoms with E-state index in [9.17, 15) is 0 Å². The van der Waals surface area contributed by atoms with Gasteiger partial charge in [0.15, 0.2) is 0 Å². The molecule has 0 saturated heterocycles. The van der Waals surface area contributed by atoms with Gasteiger partial charge in [-0.05, 0) is 45.9 Å². The Labute approximate surface area is 89.1 Å². The second-order valence-electron chi connectivity index (χ2n) is 3.64. The van der Waals surface area contributed by atoms with Crippen molar-refractivity contribution >= 4 is 0 Å². The molecule has 0 spiro atoms. The molecule has 0 aliphatic heterocycles. The first-order chi connectivity index (χ1) is 6.85. The monoisotopic (exact) mass is 196 g/mol. The van der Waals surface area contributed by atoms with Crippen molar-refractivity contribution in [2.45, 2.75) is 32.6 Å². The molecule has 0 aromatic rings. The van der Waals surface area contributed by atoms with E-state index in [0.717, 1.165) is 26.2 Å². The minimum Gasteiger partial charge on any atom is -0.320 e. The standard InChI is InChI=1S/C12H24N2/c1-4-10-14(11-5-2)12-8-6-7-9-13-3/h1,13H,5-12H2,2-3H3. The van der Waals surface area contributed by atoms with E-state index in [0.29, 0.717) is 0 Å². The highest BCUT2D eigenvalue weighted by atomic mass is 15.1. The smallest absolute Gasteiger partial charge is 0.0598 e. The zero-order chi connectivity index (χ0) is 10.6. The van der Waals surface area contributed by atoms with Gasteiger partial charge in [0.1, 0.15) is 0 Å². The molecule has 0 bridgehead atoms. The summed E-state index contributed by atoms with van der Waals surface area (Å²) in [6.07, 6.45) is 10.3. The number of hydrogen-bond acceptors (Lipinski definition) is 2. The van der Waals surface area contributed by atoms with E-state index in [-0.39, 0.29) is 0 Å². The molecule has 82 valence electrons. The van der Waals surface area contributed by atoms with Crippen LogP contribution in [0.5, 0.6) is 0 Å². The second-order valence-corrected chi connectivity index (χ2v) is 3.64. The number of nitrogens with one attached hydrogen (secondary N) is 1. The Morgan fingerprint density at radius 1 is 1.21 bits per heavy atom. The van der Waals surface area contributed by atoms with Crippen LogP contribution in [0.1, 0.15) is 32.6 Å². The minimum atomic E-state index is 0.805. The normalized spacial score (nSPS) is 10.4. The number of rotatable bonds is 9. The SMILES string of the molecule is C#CCN(CCC)CCCCCNC. The highest BCUT2D eigenvalue weighted by molar-refractivity contribution is 4.87. The molecule has 2 heteroatoms. The summed E-state index contributed by atoms with van der Waals surface area (Å²) in [4.78, 5) is 2.36. The Bertz CT molecular complexity index is 149. The van der Waals surface area contributed by atoms with Gasteiger partial charge in [-0.1, -0.05) is 19.3 Å². The third kappa shape index (κ3) is 8.10. The highest BCUT2D eigenvalue weighted by Gasteiger charge is 2.00. The van der Waals surface area contributed by atoms with Crippen LogP contribution in [0.3, 0.4) is 0 Å². The molecule has 0 rings (SSSR count). The Kier molecular flexibility index (Phi) is 10.2. The molecule has 0 aliphatic rings. The molecule has 0 atom stereocenters. The van der Waals surface area contributed by atoms with Crippen molar-refractivity contribution in [2.75, 3.05) is 33.2 Å². The van der Waals surface area contributed by atoms with Gasteiger partial charge in [0.2, 0.25) is 0 Å². The first kappa shape index (κ1) is 13.5. The fourth-order valence-electron chi connectivity index (χ4n) is 1.53. The second kappa shape index (κ2) is 10.6. The third-order valence-electron chi connectivity index (χ3n) is 2.26. The first-order valence-electron chi connectivity index (χ1n) is 5.65. The van der Waals surface area contributed by atoms with Gasteiger partial charge >= 0.3 is 0 Å². The topological polar surface area (TPSA) is 15.3 Å². The van der Waals surface area contributed by atoms with E-state index in [1.807, 2.05) is 7.05 Å². The van der Waals surface area contributed by atoms with E-state index in [2.05, 4.69) is 23.1 Å². The van der Waals surface area contributed by atoms with Gasteiger partial charge in [0.05, 0.1) is 6.54 Å². The summed E-state index contributed by atoms with van der Waals surface area (Å²) in [6.45, 7) is 6.42. The maximum atomic E-state index is 5.31. The Morgan fingerprint density at radius 2 is 2.00 bits per heavy atom. The number of hydrogen-bond donors (Lipinski definition) is 1. The predicted molar refractivity (Wildman–Crippen MR) is 63.3 cm³/mol. The molecular weight excluding hydrogens is 172 g/mol. The molecule has 0 aromatic heterocycles. The summed E-state index contributed by atoms with van der Waals surface area (Å²) >= 11 is 0. The summed E-state index contributed by atoms with van der Waals surface area (Å²) < 4.78 is 0. The van der Waals surface area contributed by atoms with Crippen LogP contribution in [-0.4, -0.2) is 38.1 Å². The average Bonchev–Trinajstić information content (AvgIpc) is 2.18. The first-order valence-corrected chi connectivity index (χ1v) is 5.65. The van der Waals surface area contributed by atoms with Crippen LogP contribution in [0.15, 0.2) is 0 Å². The summed E-state index contributed by atoms with van der Waals surface area (Å²) in [5.41, 5.74) is 0. The van der Waals surface area contributed by atoms with E-state index in [1.165, 1.54) is 25.7 Å². The molecule has 0 amide bonds. The minimum absolute atomic E-state index is 0.805. The predicted octanol–water partition coefficient (Wildman–Crippen LogP) is 1.72. The zero-order valence-electron chi connectivity index (χ0n) is 9.68. The van der Waals surface area contributed by atoms with Crippen LogP contribution in [-0.2, 0) is 0 Å². The van der Waals surface area contributed by atoms with Crippen LogP contribution in [0.2, 0.25) is 0 Å². The van der Waals surface area contributed by atoms with Crippen LogP contribution >= 0.6 is 0 Å². The molecular formula is C12H24N2. The number of nitrogens with zero attached hydrogens (tertiary/aromatic N) is 1. The Hall–Kier alpha value is -0.520. The van der Waals surface area contributed by atoms with E-state index < -0.39 is 0 Å². The van der Waals surface area contributed by atoms with Gasteiger partial charge in [-0.2, -0.15) is 0 Å². The van der Waals surface area contributed by atoms with Crippen molar-refractivity contribution in [3.63, 3.8) is 0 Å². The summed E-state index contributed by atoms with van der Waals surface area (Å²) in [7, 11) is 2.00. The van der Waals surface area contributed by atoms with Gasteiger partial charge in [-0.15, -0.1) is 6.42 Å². The lowest BCUT2D eigenvalue weighted by Gasteiger charge is -2.18. The molecule has 0 aliphatic carbocycles. The molecule has 0 fully saturated rings. The van der Waals surface area contributed by atoms with Crippen LogP contribution in [0.25, 0.3) is 0 Å². The van der Waals surface area contributed by atoms with E-state index in [4.69, 9.17) is 6.42 Å². The third-order valence-corrected chi connectivity index (χ3v) is 2.26. The Morgan fingerprint density at radius 3 is 2.57 bits per heavy atom. The number of unbranched alkanes of at least 4 members (excludes halogenated alkanes) is 2. The molecule has 0 heterocycles. The Balaban J connectivity index is 3.36. The zero-order valence-corrected chi connectivity index (χ0v) is 9.68. The van der Waals surface area contributed by atoms with Crippen LogP contribution in [0.4, 0.5) is 0 Å². The quantitative estimate of drug-likeness (QED) is 0.446. The van der Waals surface area contributed by atoms with Gasteiger partial charge in [0.25, 0.3) is 0 Å². The maximum absolute atomic E-state index is 5.31. The molecule has 14 heavy (non-hydrogen) atoms. The van der Waals surface area contributed by atoms with Crippen molar-refractivity contribution in [3.05, 3.63) is 0 Å². The van der Waals surface area contributed by atoms with Crippen LogP contribution < -0.4 is 5.32 Å². The van der Waals surface area contributed by atoms with Crippen molar-refractivity contribution < 1.29 is 0 Å². The van der Waals surface area contributed by atoms with Gasteiger partial charge in [-0.25, -0.2) is 0 Å². The maximum Gasteiger partial charge on any atom is 0.0598 e. The summed E-state index contributed by atoms with van der Waals surface area (Å²) in [5, 5.41) is 3.16. The fourth-order valence-corrected chi connectivity index (χ4v) is 1.53. The van der Waals surface area contributed by atoms with Crippen molar-refractivity contribution in [2.24, 2.45) is 0 Å². The summed E-state index contributed by atoms with van der Waals surface area (Å²) in [6, 6.07) is 0. The fraction of sp³-hybridized carbons (Fsp3) is 0.833. The van der Waals surface area contributed by atoms with Crippen molar-refractivity contribution in [3.8, 4) is 12.3 Å². The molecule has 0 unspecified atom stereocenters. The largest absolute Gasteiger partial charge is 0.320 e. The molecule has 2 nitrogen and oxygen atoms in total. The van der Waals surface area contributed by atoms with Gasteiger partial charge in [0, 0.05) is 0 Å². The summed E-state index contributed by atoms with van der Waals surface area (Å²) in [5.74, 6) is 2.72.